The molecule has 3 heterocycles. The Bertz CT molecular complexity index is 970. The molecule has 8 heteroatoms. The normalized spacial score (nSPS) is 19.3. The van der Waals surface area contributed by atoms with Crippen molar-refractivity contribution in [3.63, 3.8) is 0 Å². The van der Waals surface area contributed by atoms with Gasteiger partial charge in [-0.3, -0.25) is 14.5 Å². The molecular formula is C22H26ClN5O2. The second kappa shape index (κ2) is 9.02. The average molecular weight is 428 g/mol. The molecule has 1 saturated heterocycles. The second-order valence-corrected chi connectivity index (χ2v) is 8.01. The van der Waals surface area contributed by atoms with Crippen LogP contribution in [-0.4, -0.2) is 56.8 Å². The lowest BCUT2D eigenvalue weighted by atomic mass is 10.2. The van der Waals surface area contributed by atoms with Crippen LogP contribution in [0.3, 0.4) is 0 Å². The van der Waals surface area contributed by atoms with E-state index >= 15 is 0 Å². The molecule has 1 aromatic heterocycles. The highest BCUT2D eigenvalue weighted by Crippen LogP contribution is 2.22. The first-order valence-electron chi connectivity index (χ1n) is 10.4. The summed E-state index contributed by atoms with van der Waals surface area (Å²) in [6.45, 7) is 5.72. The fourth-order valence-corrected chi connectivity index (χ4v) is 4.32. The minimum Gasteiger partial charge on any atom is -0.330 e. The Morgan fingerprint density at radius 2 is 2.10 bits per heavy atom. The Morgan fingerprint density at radius 3 is 2.90 bits per heavy atom. The number of benzene rings is 1. The molecule has 0 unspecified atom stereocenters. The molecule has 1 fully saturated rings. The van der Waals surface area contributed by atoms with Crippen LogP contribution in [0.1, 0.15) is 36.1 Å². The van der Waals surface area contributed by atoms with E-state index < -0.39 is 0 Å². The molecule has 7 nitrogen and oxygen atoms in total. The Hall–Kier alpha value is -2.64. The van der Waals surface area contributed by atoms with Crippen molar-refractivity contribution in [2.75, 3.05) is 25.0 Å². The van der Waals surface area contributed by atoms with E-state index in [9.17, 15) is 9.59 Å². The monoisotopic (exact) mass is 427 g/mol. The van der Waals surface area contributed by atoms with Crippen LogP contribution in [0.25, 0.3) is 0 Å². The maximum absolute atomic E-state index is 12.7. The van der Waals surface area contributed by atoms with E-state index in [0.717, 1.165) is 19.5 Å². The minimum absolute atomic E-state index is 0.00530. The lowest BCUT2D eigenvalue weighted by Gasteiger charge is -2.28. The number of fused-ring (bicyclic) bond motifs is 1. The molecule has 2 aliphatic rings. The number of hydrogen-bond acceptors (Lipinski definition) is 4. The van der Waals surface area contributed by atoms with Crippen LogP contribution in [0, 0.1) is 0 Å². The molecule has 1 atom stereocenters. The van der Waals surface area contributed by atoms with Gasteiger partial charge in [-0.15, -0.1) is 0 Å². The van der Waals surface area contributed by atoms with Gasteiger partial charge in [-0.1, -0.05) is 36.7 Å². The molecule has 0 saturated carbocycles. The van der Waals surface area contributed by atoms with Crippen LogP contribution in [0.5, 0.6) is 0 Å². The summed E-state index contributed by atoms with van der Waals surface area (Å²) in [5.74, 6) is 0.444. The van der Waals surface area contributed by atoms with Crippen LogP contribution in [-0.2, 0) is 17.9 Å². The summed E-state index contributed by atoms with van der Waals surface area (Å²) < 4.78 is 1.87. The quantitative estimate of drug-likeness (QED) is 0.744. The highest BCUT2D eigenvalue weighted by atomic mass is 35.5. The number of nitrogens with zero attached hydrogens (tertiary/aromatic N) is 4. The van der Waals surface area contributed by atoms with Gasteiger partial charge in [0.15, 0.2) is 0 Å². The lowest BCUT2D eigenvalue weighted by molar-refractivity contribution is -0.127. The summed E-state index contributed by atoms with van der Waals surface area (Å²) in [5, 5.41) is 3.31. The van der Waals surface area contributed by atoms with Crippen molar-refractivity contribution in [3.05, 3.63) is 59.2 Å². The summed E-state index contributed by atoms with van der Waals surface area (Å²) in [5.41, 5.74) is 1.03. The topological polar surface area (TPSA) is 70.5 Å². The minimum atomic E-state index is -0.262. The number of nitrogens with one attached hydrogen (secondary N) is 1. The first kappa shape index (κ1) is 20.6. The van der Waals surface area contributed by atoms with Crippen molar-refractivity contribution in [1.82, 2.24) is 19.4 Å². The summed E-state index contributed by atoms with van der Waals surface area (Å²) in [4.78, 5) is 33.9. The standard InChI is InChI=1S/C22H26ClN5O2/c1-2-26-11-5-6-16(26)9-10-21(29)27-12-13-28-19(14-24-20(28)15-27)22(30)25-18-8-4-3-7-17(18)23/h3-4,7-10,14,16H,2,5-6,11-13,15H2,1H3,(H,25,30)/b10-9+/t16-/m1/s1. The zero-order valence-corrected chi connectivity index (χ0v) is 17.8. The third-order valence-electron chi connectivity index (χ3n) is 5.81. The molecule has 2 aromatic rings. The Morgan fingerprint density at radius 1 is 1.27 bits per heavy atom. The highest BCUT2D eigenvalue weighted by molar-refractivity contribution is 6.33. The van der Waals surface area contributed by atoms with E-state index in [1.165, 1.54) is 6.42 Å². The number of carbonyl (C=O) groups is 2. The molecule has 2 amide bonds. The van der Waals surface area contributed by atoms with E-state index in [-0.39, 0.29) is 11.8 Å². The molecule has 0 spiro atoms. The van der Waals surface area contributed by atoms with E-state index in [0.29, 0.717) is 47.9 Å². The van der Waals surface area contributed by atoms with Crippen molar-refractivity contribution in [2.24, 2.45) is 0 Å². The van der Waals surface area contributed by atoms with Gasteiger partial charge in [-0.25, -0.2) is 4.98 Å². The first-order chi connectivity index (χ1) is 14.6. The molecule has 0 radical (unpaired) electrons. The number of amides is 2. The number of aromatic nitrogens is 2. The van der Waals surface area contributed by atoms with Crippen molar-refractivity contribution in [1.29, 1.82) is 0 Å². The number of carbonyl (C=O) groups excluding carboxylic acids is 2. The number of para-hydroxylation sites is 1. The summed E-state index contributed by atoms with van der Waals surface area (Å²) >= 11 is 6.13. The van der Waals surface area contributed by atoms with Crippen LogP contribution in [0.2, 0.25) is 5.02 Å². The molecule has 1 aromatic carbocycles. The van der Waals surface area contributed by atoms with Crippen LogP contribution >= 0.6 is 11.6 Å². The van der Waals surface area contributed by atoms with Crippen molar-refractivity contribution in [3.8, 4) is 0 Å². The smallest absolute Gasteiger partial charge is 0.273 e. The van der Waals surface area contributed by atoms with E-state index in [2.05, 4.69) is 22.1 Å². The number of halogens is 1. The van der Waals surface area contributed by atoms with Gasteiger partial charge in [-0.2, -0.15) is 0 Å². The third kappa shape index (κ3) is 4.27. The van der Waals surface area contributed by atoms with Crippen molar-refractivity contribution in [2.45, 2.75) is 38.9 Å². The molecule has 2 aliphatic heterocycles. The maximum Gasteiger partial charge on any atom is 0.273 e. The van der Waals surface area contributed by atoms with E-state index in [1.54, 1.807) is 29.3 Å². The number of likely N-dealkylation sites (N-methyl/N-ethyl adjacent to an activating group) is 1. The number of likely N-dealkylation sites (tertiary alicyclic amines) is 1. The van der Waals surface area contributed by atoms with Gasteiger partial charge < -0.3 is 14.8 Å². The van der Waals surface area contributed by atoms with Gasteiger partial charge >= 0.3 is 0 Å². The largest absolute Gasteiger partial charge is 0.330 e. The van der Waals surface area contributed by atoms with Gasteiger partial charge in [0.1, 0.15) is 11.5 Å². The van der Waals surface area contributed by atoms with E-state index in [4.69, 9.17) is 11.6 Å². The van der Waals surface area contributed by atoms with E-state index in [1.807, 2.05) is 22.8 Å². The zero-order chi connectivity index (χ0) is 21.1. The summed E-state index contributed by atoms with van der Waals surface area (Å²) in [6, 6.07) is 7.46. The van der Waals surface area contributed by atoms with Gasteiger partial charge in [0.05, 0.1) is 23.5 Å². The Kier molecular flexibility index (Phi) is 6.20. The van der Waals surface area contributed by atoms with Gasteiger partial charge in [0.2, 0.25) is 5.91 Å². The molecule has 1 N–H and O–H groups in total. The molecule has 30 heavy (non-hydrogen) atoms. The number of anilines is 1. The van der Waals surface area contributed by atoms with Gasteiger partial charge in [0, 0.05) is 25.2 Å². The predicted octanol–water partition coefficient (Wildman–Crippen LogP) is 3.17. The van der Waals surface area contributed by atoms with Crippen molar-refractivity contribution < 1.29 is 9.59 Å². The zero-order valence-electron chi connectivity index (χ0n) is 17.1. The molecular weight excluding hydrogens is 402 g/mol. The fourth-order valence-electron chi connectivity index (χ4n) is 4.14. The molecule has 0 bridgehead atoms. The highest BCUT2D eigenvalue weighted by Gasteiger charge is 2.26. The van der Waals surface area contributed by atoms with Crippen LogP contribution in [0.15, 0.2) is 42.6 Å². The fraction of sp³-hybridized carbons (Fsp3) is 0.409. The third-order valence-corrected chi connectivity index (χ3v) is 6.14. The average Bonchev–Trinajstić information content (AvgIpc) is 3.39. The number of hydrogen-bond donors (Lipinski definition) is 1. The molecule has 158 valence electrons. The SMILES string of the molecule is CCN1CCC[C@@H]1/C=C/C(=O)N1CCn2c(C(=O)Nc3ccccc3Cl)cnc2C1. The van der Waals surface area contributed by atoms with Gasteiger partial charge in [0.25, 0.3) is 5.91 Å². The Labute approximate surface area is 181 Å². The van der Waals surface area contributed by atoms with Crippen LogP contribution in [0.4, 0.5) is 5.69 Å². The second-order valence-electron chi connectivity index (χ2n) is 7.60. The first-order valence-corrected chi connectivity index (χ1v) is 10.8. The lowest BCUT2D eigenvalue weighted by Crippen LogP contribution is -2.38. The van der Waals surface area contributed by atoms with Gasteiger partial charge in [-0.05, 0) is 38.1 Å². The van der Waals surface area contributed by atoms with Crippen LogP contribution < -0.4 is 5.32 Å². The number of rotatable bonds is 5. The number of imidazole rings is 1. The maximum atomic E-state index is 12.7. The molecule has 0 aliphatic carbocycles. The predicted molar refractivity (Wildman–Crippen MR) is 116 cm³/mol. The summed E-state index contributed by atoms with van der Waals surface area (Å²) in [7, 11) is 0. The van der Waals surface area contributed by atoms with Crippen molar-refractivity contribution >= 4 is 29.1 Å². The molecule has 4 rings (SSSR count). The summed E-state index contributed by atoms with van der Waals surface area (Å²) in [6.07, 6.45) is 7.57. The Balaban J connectivity index is 1.40.